The van der Waals surface area contributed by atoms with Crippen LogP contribution in [0.3, 0.4) is 0 Å². The molecule has 0 amide bonds. The summed E-state index contributed by atoms with van der Waals surface area (Å²) in [5.41, 5.74) is 2.38. The first-order valence-electron chi connectivity index (χ1n) is 8.16. The molecule has 1 N–H and O–H groups in total. The van der Waals surface area contributed by atoms with Crippen molar-refractivity contribution in [2.24, 2.45) is 0 Å². The fourth-order valence-electron chi connectivity index (χ4n) is 3.72. The van der Waals surface area contributed by atoms with E-state index in [4.69, 9.17) is 9.72 Å². The van der Waals surface area contributed by atoms with E-state index in [-0.39, 0.29) is 0 Å². The summed E-state index contributed by atoms with van der Waals surface area (Å²) < 4.78 is 8.50. The lowest BCUT2D eigenvalue weighted by Crippen LogP contribution is -2.30. The highest BCUT2D eigenvalue weighted by Gasteiger charge is 2.40. The number of aromatic nitrogens is 2. The monoisotopic (exact) mass is 386 g/mol. The van der Waals surface area contributed by atoms with Crippen LogP contribution < -0.4 is 4.74 Å². The van der Waals surface area contributed by atoms with E-state index in [0.717, 1.165) is 46.3 Å². The van der Waals surface area contributed by atoms with Crippen LogP contribution in [0.15, 0.2) is 47.1 Å². The maximum Gasteiger partial charge on any atom is 0.137 e. The average Bonchev–Trinajstić information content (AvgIpc) is 2.87. The van der Waals surface area contributed by atoms with Gasteiger partial charge in [0.25, 0.3) is 0 Å². The zero-order valence-corrected chi connectivity index (χ0v) is 15.1. The molecule has 124 valence electrons. The fourth-order valence-corrected chi connectivity index (χ4v) is 4.06. The van der Waals surface area contributed by atoms with Crippen LogP contribution in [0.5, 0.6) is 5.75 Å². The molecule has 4 rings (SSSR count). The molecular weight excluding hydrogens is 368 g/mol. The number of rotatable bonds is 2. The highest BCUT2D eigenvalue weighted by atomic mass is 79.9. The van der Waals surface area contributed by atoms with Crippen molar-refractivity contribution in [1.82, 2.24) is 9.38 Å². The third-order valence-corrected chi connectivity index (χ3v) is 5.27. The number of nitrogens with zero attached hydrogens (tertiary/aromatic N) is 2. The molecule has 3 aromatic rings. The van der Waals surface area contributed by atoms with Gasteiger partial charge in [-0.05, 0) is 59.8 Å². The van der Waals surface area contributed by atoms with Crippen molar-refractivity contribution in [3.8, 4) is 5.75 Å². The first kappa shape index (κ1) is 15.7. The molecule has 0 saturated carbocycles. The van der Waals surface area contributed by atoms with Crippen LogP contribution in [0.4, 0.5) is 0 Å². The number of pyridine rings is 1. The Labute approximate surface area is 149 Å². The normalized spacial score (nSPS) is 20.6. The quantitative estimate of drug-likeness (QED) is 0.675. The Bertz CT molecular complexity index is 906. The zero-order chi connectivity index (χ0) is 16.7. The van der Waals surface area contributed by atoms with Gasteiger partial charge in [0, 0.05) is 16.2 Å². The fraction of sp³-hybridized carbons (Fsp3) is 0.316. The number of benzene rings is 1. The minimum atomic E-state index is -1.11. The zero-order valence-electron chi connectivity index (χ0n) is 13.5. The predicted octanol–water partition coefficient (Wildman–Crippen LogP) is 4.07. The minimum Gasteiger partial charge on any atom is -0.496 e. The Balaban J connectivity index is 2.04. The summed E-state index contributed by atoms with van der Waals surface area (Å²) >= 11 is 3.53. The number of para-hydroxylation sites is 1. The van der Waals surface area contributed by atoms with Gasteiger partial charge in [-0.1, -0.05) is 18.2 Å². The molecule has 0 saturated heterocycles. The highest BCUT2D eigenvalue weighted by molar-refractivity contribution is 9.10. The van der Waals surface area contributed by atoms with Gasteiger partial charge in [0.2, 0.25) is 0 Å². The standard InChI is InChI=1S/C19H19BrN2O2/c1-24-16-8-3-2-6-14(16)19(23)11-5-4-7-15-18(19)22-12-13(20)9-10-17(22)21-15/h2-3,6,8-10,12,23H,4-5,7,11H2,1H3. The maximum absolute atomic E-state index is 11.8. The predicted molar refractivity (Wildman–Crippen MR) is 96.4 cm³/mol. The summed E-state index contributed by atoms with van der Waals surface area (Å²) in [6.07, 6.45) is 5.48. The second kappa shape index (κ2) is 5.90. The first-order valence-corrected chi connectivity index (χ1v) is 8.95. The molecule has 24 heavy (non-hydrogen) atoms. The largest absolute Gasteiger partial charge is 0.496 e. The van der Waals surface area contributed by atoms with E-state index in [1.165, 1.54) is 0 Å². The van der Waals surface area contributed by atoms with E-state index in [1.54, 1.807) is 7.11 Å². The summed E-state index contributed by atoms with van der Waals surface area (Å²) in [7, 11) is 1.64. The van der Waals surface area contributed by atoms with Crippen LogP contribution in [0.1, 0.15) is 36.2 Å². The number of halogens is 1. The number of methoxy groups -OCH3 is 1. The number of imidazole rings is 1. The van der Waals surface area contributed by atoms with Crippen molar-refractivity contribution in [2.45, 2.75) is 31.3 Å². The number of hydrogen-bond donors (Lipinski definition) is 1. The van der Waals surface area contributed by atoms with Crippen LogP contribution in [-0.4, -0.2) is 21.6 Å². The lowest BCUT2D eigenvalue weighted by atomic mass is 9.85. The summed E-state index contributed by atoms with van der Waals surface area (Å²) in [6, 6.07) is 11.7. The molecule has 1 unspecified atom stereocenters. The maximum atomic E-state index is 11.8. The van der Waals surface area contributed by atoms with Gasteiger partial charge in [-0.15, -0.1) is 0 Å². The van der Waals surface area contributed by atoms with Crippen molar-refractivity contribution in [3.63, 3.8) is 0 Å². The molecule has 2 aromatic heterocycles. The van der Waals surface area contributed by atoms with Crippen molar-refractivity contribution >= 4 is 21.6 Å². The molecule has 1 atom stereocenters. The third kappa shape index (κ3) is 2.34. The van der Waals surface area contributed by atoms with Gasteiger partial charge in [0.15, 0.2) is 0 Å². The number of ether oxygens (including phenoxy) is 1. The molecule has 4 nitrogen and oxygen atoms in total. The molecule has 1 aliphatic rings. The minimum absolute atomic E-state index is 0.653. The summed E-state index contributed by atoms with van der Waals surface area (Å²) in [4.78, 5) is 4.77. The van der Waals surface area contributed by atoms with Gasteiger partial charge >= 0.3 is 0 Å². The molecule has 5 heteroatoms. The molecule has 0 fully saturated rings. The van der Waals surface area contributed by atoms with E-state index in [2.05, 4.69) is 15.9 Å². The van der Waals surface area contributed by atoms with Crippen LogP contribution in [-0.2, 0) is 12.0 Å². The Kier molecular flexibility index (Phi) is 3.85. The molecule has 2 heterocycles. The molecule has 0 spiro atoms. The Morgan fingerprint density at radius 2 is 2.04 bits per heavy atom. The topological polar surface area (TPSA) is 46.8 Å². The Hall–Kier alpha value is -1.85. The molecule has 0 radical (unpaired) electrons. The van der Waals surface area contributed by atoms with Crippen LogP contribution in [0.2, 0.25) is 0 Å². The van der Waals surface area contributed by atoms with Gasteiger partial charge in [-0.25, -0.2) is 4.98 Å². The van der Waals surface area contributed by atoms with E-state index < -0.39 is 5.60 Å². The highest BCUT2D eigenvalue weighted by Crippen LogP contribution is 2.43. The van der Waals surface area contributed by atoms with Crippen LogP contribution in [0.25, 0.3) is 5.65 Å². The lowest BCUT2D eigenvalue weighted by molar-refractivity contribution is 0.0624. The Morgan fingerprint density at radius 3 is 2.88 bits per heavy atom. The number of aryl methyl sites for hydroxylation is 1. The van der Waals surface area contributed by atoms with Crippen molar-refractivity contribution in [1.29, 1.82) is 0 Å². The second-order valence-corrected chi connectivity index (χ2v) is 7.17. The van der Waals surface area contributed by atoms with E-state index in [9.17, 15) is 5.11 Å². The van der Waals surface area contributed by atoms with E-state index in [0.29, 0.717) is 12.2 Å². The van der Waals surface area contributed by atoms with Gasteiger partial charge in [-0.3, -0.25) is 4.40 Å². The summed E-state index contributed by atoms with van der Waals surface area (Å²) in [6.45, 7) is 0. The summed E-state index contributed by atoms with van der Waals surface area (Å²) in [5, 5.41) is 11.8. The third-order valence-electron chi connectivity index (χ3n) is 4.80. The lowest BCUT2D eigenvalue weighted by Gasteiger charge is -2.29. The van der Waals surface area contributed by atoms with Gasteiger partial charge in [-0.2, -0.15) is 0 Å². The SMILES string of the molecule is COc1ccccc1C1(O)CCCCc2nc3ccc(Br)cn3c21. The molecule has 0 bridgehead atoms. The molecule has 1 aliphatic carbocycles. The number of aliphatic hydroxyl groups is 1. The van der Waals surface area contributed by atoms with Gasteiger partial charge in [0.05, 0.1) is 18.5 Å². The number of hydrogen-bond acceptors (Lipinski definition) is 3. The van der Waals surface area contributed by atoms with E-state index >= 15 is 0 Å². The smallest absolute Gasteiger partial charge is 0.137 e. The van der Waals surface area contributed by atoms with Gasteiger partial charge in [0.1, 0.15) is 17.0 Å². The average molecular weight is 387 g/mol. The van der Waals surface area contributed by atoms with Crippen molar-refractivity contribution in [2.75, 3.05) is 7.11 Å². The van der Waals surface area contributed by atoms with Crippen molar-refractivity contribution < 1.29 is 9.84 Å². The van der Waals surface area contributed by atoms with Gasteiger partial charge < -0.3 is 9.84 Å². The van der Waals surface area contributed by atoms with Crippen LogP contribution >= 0.6 is 15.9 Å². The van der Waals surface area contributed by atoms with E-state index in [1.807, 2.05) is 47.0 Å². The van der Waals surface area contributed by atoms with Crippen LogP contribution in [0, 0.1) is 0 Å². The number of fused-ring (bicyclic) bond motifs is 3. The molecular formula is C19H19BrN2O2. The Morgan fingerprint density at radius 1 is 1.21 bits per heavy atom. The van der Waals surface area contributed by atoms with Crippen molar-refractivity contribution in [3.05, 3.63) is 64.0 Å². The first-order chi connectivity index (χ1) is 11.6. The molecule has 1 aromatic carbocycles. The summed E-state index contributed by atoms with van der Waals surface area (Å²) in [5.74, 6) is 0.706. The molecule has 0 aliphatic heterocycles. The second-order valence-electron chi connectivity index (χ2n) is 6.25.